The van der Waals surface area contributed by atoms with Crippen LogP contribution in [-0.4, -0.2) is 25.6 Å². The van der Waals surface area contributed by atoms with Crippen LogP contribution in [-0.2, 0) is 14.8 Å². The van der Waals surface area contributed by atoms with E-state index in [4.69, 9.17) is 5.73 Å². The van der Waals surface area contributed by atoms with Gasteiger partial charge in [-0.1, -0.05) is 19.8 Å². The van der Waals surface area contributed by atoms with Crippen molar-refractivity contribution in [1.29, 1.82) is 0 Å². The molecule has 1 amide bonds. The van der Waals surface area contributed by atoms with Crippen molar-refractivity contribution in [3.05, 3.63) is 0 Å². The van der Waals surface area contributed by atoms with Gasteiger partial charge in [0.1, 0.15) is 0 Å². The summed E-state index contributed by atoms with van der Waals surface area (Å²) in [5.41, 5.74) is 5.55. The molecule has 1 saturated carbocycles. The lowest BCUT2D eigenvalue weighted by atomic mass is 10.1. The van der Waals surface area contributed by atoms with Crippen molar-refractivity contribution in [2.75, 3.05) is 0 Å². The van der Waals surface area contributed by atoms with Crippen molar-refractivity contribution >= 4 is 15.9 Å². The van der Waals surface area contributed by atoms with Gasteiger partial charge >= 0.3 is 0 Å². The number of rotatable bonds is 6. The number of unbranched alkanes of at least 4 members (excludes halogenated alkanes) is 1. The van der Waals surface area contributed by atoms with Crippen LogP contribution in [0, 0.1) is 0 Å². The number of carbonyl (C=O) groups is 1. The topological polar surface area (TPSA) is 89.3 Å². The molecule has 88 valence electrons. The van der Waals surface area contributed by atoms with Crippen LogP contribution in [0.15, 0.2) is 0 Å². The second-order valence-electron chi connectivity index (χ2n) is 3.96. The van der Waals surface area contributed by atoms with Crippen LogP contribution in [0.25, 0.3) is 0 Å². The summed E-state index contributed by atoms with van der Waals surface area (Å²) in [6, 6.07) is -0.710. The highest BCUT2D eigenvalue weighted by Gasteiger charge is 2.37. The third-order valence-corrected chi connectivity index (χ3v) is 4.25. The van der Waals surface area contributed by atoms with E-state index in [-0.39, 0.29) is 5.25 Å². The Balaban J connectivity index is 2.40. The first-order valence-corrected chi connectivity index (χ1v) is 6.83. The summed E-state index contributed by atoms with van der Waals surface area (Å²) in [4.78, 5) is 11.4. The molecular weight excluding hydrogens is 216 g/mol. The molecule has 0 heterocycles. The largest absolute Gasteiger partial charge is 0.320 e. The van der Waals surface area contributed by atoms with Gasteiger partial charge < -0.3 is 5.73 Å². The maximum Gasteiger partial charge on any atom is 0.250 e. The Kier molecular flexibility index (Phi) is 4.10. The molecule has 0 aromatic carbocycles. The summed E-state index contributed by atoms with van der Waals surface area (Å²) >= 11 is 0. The predicted octanol–water partition coefficient (Wildman–Crippen LogP) is 0.112. The number of nitrogens with one attached hydrogen (secondary N) is 1. The van der Waals surface area contributed by atoms with Crippen LogP contribution in [0.1, 0.15) is 39.0 Å². The van der Waals surface area contributed by atoms with Crippen LogP contribution in [0.5, 0.6) is 0 Å². The molecule has 3 N–H and O–H groups in total. The van der Waals surface area contributed by atoms with Gasteiger partial charge in [-0.3, -0.25) is 9.52 Å². The van der Waals surface area contributed by atoms with Crippen LogP contribution >= 0.6 is 0 Å². The number of carbonyl (C=O) groups excluding carboxylic acids is 1. The molecule has 0 unspecified atom stereocenters. The van der Waals surface area contributed by atoms with Gasteiger partial charge in [0.25, 0.3) is 0 Å². The average molecular weight is 234 g/mol. The van der Waals surface area contributed by atoms with Gasteiger partial charge in [-0.15, -0.1) is 0 Å². The average Bonchev–Trinajstić information content (AvgIpc) is 2.96. The lowest BCUT2D eigenvalue weighted by molar-refractivity contribution is -0.120. The van der Waals surface area contributed by atoms with Crippen molar-refractivity contribution < 1.29 is 13.2 Å². The van der Waals surface area contributed by atoms with E-state index in [0.717, 1.165) is 12.8 Å². The molecule has 5 nitrogen and oxygen atoms in total. The molecule has 0 saturated heterocycles. The number of nitrogens with two attached hydrogens (primary N) is 1. The molecule has 0 spiro atoms. The quantitative estimate of drug-likeness (QED) is 0.682. The Morgan fingerprint density at radius 3 is 2.60 bits per heavy atom. The third-order valence-electron chi connectivity index (χ3n) is 2.41. The summed E-state index contributed by atoms with van der Waals surface area (Å²) in [7, 11) is -3.44. The molecule has 1 aliphatic rings. The molecule has 1 aliphatic carbocycles. The first kappa shape index (κ1) is 12.4. The van der Waals surface area contributed by atoms with E-state index >= 15 is 0 Å². The van der Waals surface area contributed by atoms with E-state index in [1.54, 1.807) is 0 Å². The van der Waals surface area contributed by atoms with E-state index in [1.807, 2.05) is 11.6 Å². The van der Waals surface area contributed by atoms with Crippen LogP contribution < -0.4 is 10.5 Å². The summed E-state index contributed by atoms with van der Waals surface area (Å²) in [5.74, 6) is -0.574. The van der Waals surface area contributed by atoms with Gasteiger partial charge in [0.05, 0.1) is 11.3 Å². The molecule has 0 radical (unpaired) electrons. The maximum absolute atomic E-state index is 11.4. The number of hydrogen-bond acceptors (Lipinski definition) is 4. The van der Waals surface area contributed by atoms with E-state index in [9.17, 15) is 13.2 Å². The molecule has 1 rings (SSSR count). The predicted molar refractivity (Wildman–Crippen MR) is 57.6 cm³/mol. The zero-order valence-corrected chi connectivity index (χ0v) is 9.72. The highest BCUT2D eigenvalue weighted by Crippen LogP contribution is 2.27. The summed E-state index contributed by atoms with van der Waals surface area (Å²) < 4.78 is 24.8. The molecule has 0 bridgehead atoms. The minimum atomic E-state index is -3.44. The SMILES string of the molecule is CCCC[C@H](N)C(=O)NS(=O)(=O)C1CC1. The van der Waals surface area contributed by atoms with Crippen molar-refractivity contribution in [2.24, 2.45) is 5.73 Å². The van der Waals surface area contributed by atoms with Crippen molar-refractivity contribution in [1.82, 2.24) is 4.72 Å². The fourth-order valence-corrected chi connectivity index (χ4v) is 2.59. The van der Waals surface area contributed by atoms with E-state index in [0.29, 0.717) is 19.3 Å². The molecule has 0 aliphatic heterocycles. The van der Waals surface area contributed by atoms with Crippen LogP contribution in [0.2, 0.25) is 0 Å². The van der Waals surface area contributed by atoms with Crippen molar-refractivity contribution in [3.8, 4) is 0 Å². The summed E-state index contributed by atoms with van der Waals surface area (Å²) in [6.45, 7) is 1.99. The highest BCUT2D eigenvalue weighted by atomic mass is 32.2. The number of hydrogen-bond donors (Lipinski definition) is 2. The van der Waals surface area contributed by atoms with Gasteiger partial charge in [0.2, 0.25) is 15.9 Å². The Labute approximate surface area is 90.5 Å². The fourth-order valence-electron chi connectivity index (χ4n) is 1.23. The second kappa shape index (κ2) is 4.94. The van der Waals surface area contributed by atoms with Gasteiger partial charge in [0, 0.05) is 0 Å². The number of sulfonamides is 1. The molecular formula is C9H18N2O3S. The highest BCUT2D eigenvalue weighted by molar-refractivity contribution is 7.90. The Morgan fingerprint density at radius 1 is 1.53 bits per heavy atom. The van der Waals surface area contributed by atoms with Gasteiger partial charge in [0.15, 0.2) is 0 Å². The van der Waals surface area contributed by atoms with Gasteiger partial charge in [-0.05, 0) is 19.3 Å². The minimum absolute atomic E-state index is 0.375. The van der Waals surface area contributed by atoms with Gasteiger partial charge in [-0.2, -0.15) is 0 Å². The van der Waals surface area contributed by atoms with Crippen molar-refractivity contribution in [2.45, 2.75) is 50.3 Å². The number of amides is 1. The third kappa shape index (κ3) is 3.79. The normalized spacial score (nSPS) is 18.5. The first-order valence-electron chi connectivity index (χ1n) is 5.28. The maximum atomic E-state index is 11.4. The second-order valence-corrected chi connectivity index (χ2v) is 5.92. The zero-order valence-electron chi connectivity index (χ0n) is 8.90. The standard InChI is InChI=1S/C9H18N2O3S/c1-2-3-4-8(10)9(12)11-15(13,14)7-5-6-7/h7-8H,2-6,10H2,1H3,(H,11,12)/t8-/m0/s1. The Morgan fingerprint density at radius 2 is 2.13 bits per heavy atom. The van der Waals surface area contributed by atoms with Gasteiger partial charge in [-0.25, -0.2) is 8.42 Å². The molecule has 15 heavy (non-hydrogen) atoms. The smallest absolute Gasteiger partial charge is 0.250 e. The van der Waals surface area contributed by atoms with Crippen LogP contribution in [0.4, 0.5) is 0 Å². The molecule has 0 aromatic heterocycles. The van der Waals surface area contributed by atoms with E-state index < -0.39 is 22.0 Å². The molecule has 1 fully saturated rings. The van der Waals surface area contributed by atoms with Crippen molar-refractivity contribution in [3.63, 3.8) is 0 Å². The van der Waals surface area contributed by atoms with E-state index in [2.05, 4.69) is 0 Å². The van der Waals surface area contributed by atoms with Crippen LogP contribution in [0.3, 0.4) is 0 Å². The first-order chi connectivity index (χ1) is 6.97. The molecule has 0 aromatic rings. The zero-order chi connectivity index (χ0) is 11.5. The monoisotopic (exact) mass is 234 g/mol. The Bertz CT molecular complexity index is 322. The lowest BCUT2D eigenvalue weighted by Crippen LogP contribution is -2.44. The fraction of sp³-hybridized carbons (Fsp3) is 0.889. The minimum Gasteiger partial charge on any atom is -0.320 e. The lowest BCUT2D eigenvalue weighted by Gasteiger charge is -2.11. The van der Waals surface area contributed by atoms with E-state index in [1.165, 1.54) is 0 Å². The summed E-state index contributed by atoms with van der Waals surface area (Å²) in [5, 5.41) is -0.375. The molecule has 6 heteroatoms. The Hall–Kier alpha value is -0.620. The molecule has 1 atom stereocenters. The summed E-state index contributed by atoms with van der Waals surface area (Å²) in [6.07, 6.45) is 3.59.